The number of urea groups is 1. The number of carbonyl (C=O) groups is 1. The largest absolute Gasteiger partial charge is 0.416 e. The van der Waals surface area contributed by atoms with Crippen molar-refractivity contribution < 1.29 is 36.2 Å². The lowest BCUT2D eigenvalue weighted by molar-refractivity contribution is -0.263. The van der Waals surface area contributed by atoms with Crippen molar-refractivity contribution in [3.05, 3.63) is 29.6 Å². The molecular weight excluding hydrogens is 439 g/mol. The number of fused-ring (bicyclic) bond motifs is 1. The highest BCUT2D eigenvalue weighted by molar-refractivity contribution is 5.78. The molecule has 0 saturated carbocycles. The number of rotatable bonds is 8. The smallest absolute Gasteiger partial charge is 0.382 e. The number of carbonyl (C=O) groups excluding carboxylic acids is 1. The van der Waals surface area contributed by atoms with E-state index in [1.165, 1.54) is 7.11 Å². The van der Waals surface area contributed by atoms with Crippen LogP contribution in [-0.4, -0.2) is 72.0 Å². The molecule has 2 amide bonds. The molecule has 0 spiro atoms. The first-order valence-electron chi connectivity index (χ1n) is 9.93. The second kappa shape index (κ2) is 8.81. The van der Waals surface area contributed by atoms with Gasteiger partial charge in [-0.15, -0.1) is 0 Å². The second-order valence-corrected chi connectivity index (χ2v) is 8.18. The number of nitrogens with zero attached hydrogens (tertiary/aromatic N) is 2. The number of halogens is 5. The van der Waals surface area contributed by atoms with Crippen LogP contribution >= 0.6 is 0 Å². The zero-order valence-corrected chi connectivity index (χ0v) is 17.9. The van der Waals surface area contributed by atoms with E-state index in [1.807, 2.05) is 0 Å². The van der Waals surface area contributed by atoms with Gasteiger partial charge in [0.25, 0.3) is 5.92 Å². The molecule has 2 heterocycles. The highest BCUT2D eigenvalue weighted by Gasteiger charge is 2.48. The van der Waals surface area contributed by atoms with E-state index in [2.05, 4.69) is 15.3 Å². The summed E-state index contributed by atoms with van der Waals surface area (Å²) in [4.78, 5) is 20.6. The number of amides is 2. The van der Waals surface area contributed by atoms with Crippen LogP contribution in [0.25, 0.3) is 11.0 Å². The summed E-state index contributed by atoms with van der Waals surface area (Å²) in [5, 5.41) is 2.19. The van der Waals surface area contributed by atoms with Gasteiger partial charge < -0.3 is 24.7 Å². The SMILES string of the molecule is COC[C@H](c1ccc2nc(CCOC(C)(C)C(F)(F)F)[nH]c2c1)N1CC(F)(F)CNC1=O. The fourth-order valence-corrected chi connectivity index (χ4v) is 3.35. The fraction of sp³-hybridized carbons (Fsp3) is 0.600. The number of methoxy groups -OCH3 is 1. The van der Waals surface area contributed by atoms with E-state index in [0.29, 0.717) is 22.4 Å². The number of aromatic amines is 1. The Morgan fingerprint density at radius 3 is 2.66 bits per heavy atom. The summed E-state index contributed by atoms with van der Waals surface area (Å²) in [5.41, 5.74) is -0.630. The number of nitrogens with one attached hydrogen (secondary N) is 2. The molecule has 1 aromatic heterocycles. The first-order valence-corrected chi connectivity index (χ1v) is 9.93. The quantitative estimate of drug-likeness (QED) is 0.583. The van der Waals surface area contributed by atoms with Crippen LogP contribution in [0.2, 0.25) is 0 Å². The average Bonchev–Trinajstić information content (AvgIpc) is 3.09. The molecule has 32 heavy (non-hydrogen) atoms. The van der Waals surface area contributed by atoms with Gasteiger partial charge in [-0.3, -0.25) is 0 Å². The monoisotopic (exact) mass is 464 g/mol. The standard InChI is InChI=1S/C20H25F5N4O3/c1-18(2,20(23,24)25)32-7-6-16-27-13-5-4-12(8-14(13)28-16)15(9-31-3)29-11-19(21,22)10-26-17(29)30/h4-5,8,15H,6-7,9-11H2,1-3H3,(H,26,30)(H,27,28)/t15-/m1/s1. The van der Waals surface area contributed by atoms with Gasteiger partial charge in [-0.2, -0.15) is 13.2 Å². The van der Waals surface area contributed by atoms with Gasteiger partial charge >= 0.3 is 12.2 Å². The van der Waals surface area contributed by atoms with Crippen molar-refractivity contribution in [2.45, 2.75) is 44.0 Å². The topological polar surface area (TPSA) is 79.5 Å². The van der Waals surface area contributed by atoms with E-state index in [-0.39, 0.29) is 19.6 Å². The van der Waals surface area contributed by atoms with Crippen molar-refractivity contribution in [1.82, 2.24) is 20.2 Å². The summed E-state index contributed by atoms with van der Waals surface area (Å²) in [5.74, 6) is -2.66. The highest BCUT2D eigenvalue weighted by atomic mass is 19.4. The maximum absolute atomic E-state index is 13.9. The molecule has 0 unspecified atom stereocenters. The maximum Gasteiger partial charge on any atom is 0.416 e. The molecular formula is C20H25F5N4O3. The lowest BCUT2D eigenvalue weighted by Crippen LogP contribution is -2.58. The van der Waals surface area contributed by atoms with Crippen LogP contribution in [0.5, 0.6) is 0 Å². The Morgan fingerprint density at radius 2 is 2.00 bits per heavy atom. The van der Waals surface area contributed by atoms with Gasteiger partial charge in [0, 0.05) is 13.5 Å². The lowest BCUT2D eigenvalue weighted by atomic mass is 10.0. The number of hydrogen-bond donors (Lipinski definition) is 2. The molecule has 3 rings (SSSR count). The van der Waals surface area contributed by atoms with Crippen molar-refractivity contribution in [1.29, 1.82) is 0 Å². The minimum Gasteiger partial charge on any atom is -0.382 e. The molecule has 2 aromatic rings. The van der Waals surface area contributed by atoms with Crippen LogP contribution in [0.4, 0.5) is 26.7 Å². The third-order valence-corrected chi connectivity index (χ3v) is 5.29. The summed E-state index contributed by atoms with van der Waals surface area (Å²) in [6, 6.07) is 3.58. The molecule has 12 heteroatoms. The predicted octanol–water partition coefficient (Wildman–Crippen LogP) is 3.81. The van der Waals surface area contributed by atoms with Crippen LogP contribution in [0.3, 0.4) is 0 Å². The van der Waals surface area contributed by atoms with Gasteiger partial charge in [0.15, 0.2) is 5.60 Å². The van der Waals surface area contributed by atoms with Crippen molar-refractivity contribution in [2.75, 3.05) is 33.4 Å². The summed E-state index contributed by atoms with van der Waals surface area (Å²) < 4.78 is 76.6. The average molecular weight is 464 g/mol. The molecule has 1 aromatic carbocycles. The molecule has 0 radical (unpaired) electrons. The van der Waals surface area contributed by atoms with E-state index >= 15 is 0 Å². The third-order valence-electron chi connectivity index (χ3n) is 5.29. The molecule has 2 N–H and O–H groups in total. The second-order valence-electron chi connectivity index (χ2n) is 8.18. The Bertz CT molecular complexity index is 960. The Hall–Kier alpha value is -2.47. The summed E-state index contributed by atoms with van der Waals surface area (Å²) in [6.07, 6.45) is -4.38. The van der Waals surface area contributed by atoms with Crippen LogP contribution in [-0.2, 0) is 15.9 Å². The molecule has 7 nitrogen and oxygen atoms in total. The van der Waals surface area contributed by atoms with Gasteiger partial charge in [-0.25, -0.2) is 18.6 Å². The van der Waals surface area contributed by atoms with Gasteiger partial charge in [0.1, 0.15) is 5.82 Å². The van der Waals surface area contributed by atoms with E-state index in [9.17, 15) is 26.7 Å². The van der Waals surface area contributed by atoms with Gasteiger partial charge in [-0.1, -0.05) is 6.07 Å². The van der Waals surface area contributed by atoms with Crippen molar-refractivity contribution in [3.63, 3.8) is 0 Å². The molecule has 1 atom stereocenters. The van der Waals surface area contributed by atoms with Crippen molar-refractivity contribution >= 4 is 17.1 Å². The maximum atomic E-state index is 13.9. The number of hydrogen-bond acceptors (Lipinski definition) is 4. The van der Waals surface area contributed by atoms with Crippen molar-refractivity contribution in [2.24, 2.45) is 0 Å². The Labute approximate surface area is 181 Å². The van der Waals surface area contributed by atoms with Crippen LogP contribution in [0.15, 0.2) is 18.2 Å². The van der Waals surface area contributed by atoms with Crippen LogP contribution in [0, 0.1) is 0 Å². The number of benzene rings is 1. The zero-order valence-electron chi connectivity index (χ0n) is 17.9. The number of aromatic nitrogens is 2. The number of ether oxygens (including phenoxy) is 2. The van der Waals surface area contributed by atoms with Gasteiger partial charge in [-0.05, 0) is 31.5 Å². The minimum atomic E-state index is -4.50. The number of alkyl halides is 5. The van der Waals surface area contributed by atoms with E-state index < -0.39 is 42.9 Å². The van der Waals surface area contributed by atoms with Gasteiger partial charge in [0.05, 0.1) is 43.4 Å². The highest BCUT2D eigenvalue weighted by Crippen LogP contribution is 2.33. The summed E-state index contributed by atoms with van der Waals surface area (Å²) >= 11 is 0. The normalized spacial score (nSPS) is 18.1. The fourth-order valence-electron chi connectivity index (χ4n) is 3.35. The lowest BCUT2D eigenvalue weighted by Gasteiger charge is -2.38. The van der Waals surface area contributed by atoms with E-state index in [1.54, 1.807) is 18.2 Å². The zero-order chi connectivity index (χ0) is 23.7. The summed E-state index contributed by atoms with van der Waals surface area (Å²) in [7, 11) is 1.41. The molecule has 1 aliphatic rings. The van der Waals surface area contributed by atoms with E-state index in [0.717, 1.165) is 18.7 Å². The molecule has 0 bridgehead atoms. The van der Waals surface area contributed by atoms with Gasteiger partial charge in [0.2, 0.25) is 0 Å². The third kappa shape index (κ3) is 5.29. The first kappa shape index (κ1) is 24.2. The summed E-state index contributed by atoms with van der Waals surface area (Å²) in [6.45, 7) is 0.233. The minimum absolute atomic E-state index is 0.00361. The molecule has 1 aliphatic heterocycles. The first-order chi connectivity index (χ1) is 14.8. The van der Waals surface area contributed by atoms with Crippen molar-refractivity contribution in [3.8, 4) is 0 Å². The van der Waals surface area contributed by atoms with Crippen LogP contribution in [0.1, 0.15) is 31.3 Å². The molecule has 0 aliphatic carbocycles. The molecule has 1 saturated heterocycles. The molecule has 1 fully saturated rings. The Morgan fingerprint density at radius 1 is 1.28 bits per heavy atom. The van der Waals surface area contributed by atoms with Crippen LogP contribution < -0.4 is 5.32 Å². The predicted molar refractivity (Wildman–Crippen MR) is 106 cm³/mol. The molecule has 178 valence electrons. The Kier molecular flexibility index (Phi) is 6.66. The number of H-pyrrole nitrogens is 1. The Balaban J connectivity index is 1.77. The number of imidazole rings is 1. The van der Waals surface area contributed by atoms with E-state index in [4.69, 9.17) is 9.47 Å².